The summed E-state index contributed by atoms with van der Waals surface area (Å²) in [5.41, 5.74) is 14.1. The van der Waals surface area contributed by atoms with Gasteiger partial charge in [0, 0.05) is 28.1 Å². The van der Waals surface area contributed by atoms with Gasteiger partial charge in [0.05, 0.1) is 11.7 Å². The van der Waals surface area contributed by atoms with Crippen LogP contribution in [0.3, 0.4) is 0 Å². The zero-order valence-corrected chi connectivity index (χ0v) is 27.3. The molecule has 0 heterocycles. The summed E-state index contributed by atoms with van der Waals surface area (Å²) in [7, 11) is 0. The molecule has 2 aliphatic carbocycles. The number of aryl methyl sites for hydroxylation is 1. The molecule has 0 fully saturated rings. The topological polar surface area (TPSA) is 6.48 Å². The van der Waals surface area contributed by atoms with Crippen molar-refractivity contribution < 1.29 is 0 Å². The quantitative estimate of drug-likeness (QED) is 0.183. The number of benzene rings is 7. The summed E-state index contributed by atoms with van der Waals surface area (Å²) in [6, 6.07) is 55.1. The van der Waals surface area contributed by atoms with E-state index in [0.717, 1.165) is 17.8 Å². The molecule has 0 aromatic heterocycles. The summed E-state index contributed by atoms with van der Waals surface area (Å²) in [5, 5.41) is 5.19. The number of hydrogen-bond donors (Lipinski definition) is 0. The highest BCUT2D eigenvalue weighted by Gasteiger charge is 2.34. The first kappa shape index (κ1) is 28.4. The molecule has 2 heteroatoms. The van der Waals surface area contributed by atoms with Crippen molar-refractivity contribution >= 4 is 61.1 Å². The second kappa shape index (κ2) is 11.4. The van der Waals surface area contributed by atoms with Gasteiger partial charge >= 0.3 is 0 Å². The Kier molecular flexibility index (Phi) is 6.76. The Morgan fingerprint density at radius 2 is 1.19 bits per heavy atom. The third kappa shape index (κ3) is 4.56. The van der Waals surface area contributed by atoms with E-state index in [-0.39, 0.29) is 6.04 Å². The summed E-state index contributed by atoms with van der Waals surface area (Å²) in [5.74, 6) is 0. The Bertz CT molecular complexity index is 2350. The van der Waals surface area contributed by atoms with E-state index in [2.05, 4.69) is 187 Å². The maximum absolute atomic E-state index is 2.53. The standard InChI is InChI=1S/C46H36N2/c1-31-28-43(47(35-16-6-3-7-17-35)36-18-8-4-9-19-36)41-26-24-40-32(2)29-44(42-27-25-39(31)45(41)46(40)42)48(37-20-10-5-11-21-37)38-23-22-33-14-12-13-15-34(33)30-38/h3-24,26-30,44H,25H2,1-2H3. The lowest BCUT2D eigenvalue weighted by atomic mass is 9.75. The molecule has 7 aromatic rings. The lowest BCUT2D eigenvalue weighted by molar-refractivity contribution is 0.945. The van der Waals surface area contributed by atoms with Crippen molar-refractivity contribution in [2.24, 2.45) is 0 Å². The van der Waals surface area contributed by atoms with Gasteiger partial charge in [0.1, 0.15) is 0 Å². The fourth-order valence-electron chi connectivity index (χ4n) is 7.95. The van der Waals surface area contributed by atoms with Crippen LogP contribution >= 0.6 is 0 Å². The molecule has 0 bridgehead atoms. The van der Waals surface area contributed by atoms with Gasteiger partial charge in [0.25, 0.3) is 0 Å². The first-order valence-electron chi connectivity index (χ1n) is 16.9. The minimum atomic E-state index is 0.0446. The molecule has 1 atom stereocenters. The van der Waals surface area contributed by atoms with Gasteiger partial charge in [0.15, 0.2) is 0 Å². The van der Waals surface area contributed by atoms with Crippen LogP contribution in [0, 0.1) is 6.92 Å². The molecule has 0 spiro atoms. The van der Waals surface area contributed by atoms with Crippen molar-refractivity contribution in [3.63, 3.8) is 0 Å². The van der Waals surface area contributed by atoms with Crippen LogP contribution in [0.2, 0.25) is 0 Å². The lowest BCUT2D eigenvalue weighted by Crippen LogP contribution is -2.33. The number of allylic oxidation sites excluding steroid dienone is 2. The van der Waals surface area contributed by atoms with E-state index in [0.29, 0.717) is 0 Å². The number of fused-ring (bicyclic) bond motifs is 1. The second-order valence-electron chi connectivity index (χ2n) is 13.0. The van der Waals surface area contributed by atoms with Gasteiger partial charge in [-0.25, -0.2) is 0 Å². The van der Waals surface area contributed by atoms with Crippen LogP contribution in [0.5, 0.6) is 0 Å². The highest BCUT2D eigenvalue weighted by Crippen LogP contribution is 2.50. The molecule has 230 valence electrons. The maximum atomic E-state index is 2.53. The SMILES string of the molecule is CC1=CC(N(c2ccccc2)c2ccc3ccccc3c2)C2=CCc3c(C)cc(N(c4ccccc4)c4ccccc4)c4ccc1c2c34. The number of hydrogen-bond acceptors (Lipinski definition) is 2. The van der Waals surface area contributed by atoms with E-state index < -0.39 is 0 Å². The van der Waals surface area contributed by atoms with Crippen LogP contribution < -0.4 is 9.80 Å². The van der Waals surface area contributed by atoms with Gasteiger partial charge in [-0.2, -0.15) is 0 Å². The van der Waals surface area contributed by atoms with Crippen molar-refractivity contribution in [2.75, 3.05) is 9.80 Å². The average molecular weight is 617 g/mol. The van der Waals surface area contributed by atoms with Gasteiger partial charge in [0.2, 0.25) is 0 Å². The van der Waals surface area contributed by atoms with E-state index in [1.807, 2.05) is 0 Å². The number of rotatable bonds is 6. The molecular weight excluding hydrogens is 581 g/mol. The summed E-state index contributed by atoms with van der Waals surface area (Å²) in [6.45, 7) is 4.58. The predicted molar refractivity (Wildman–Crippen MR) is 205 cm³/mol. The van der Waals surface area contributed by atoms with Crippen LogP contribution in [0.15, 0.2) is 164 Å². The van der Waals surface area contributed by atoms with Crippen LogP contribution in [0.25, 0.3) is 32.7 Å². The Morgan fingerprint density at radius 3 is 1.88 bits per heavy atom. The van der Waals surface area contributed by atoms with E-state index in [4.69, 9.17) is 0 Å². The van der Waals surface area contributed by atoms with Crippen molar-refractivity contribution in [3.8, 4) is 0 Å². The van der Waals surface area contributed by atoms with E-state index in [1.54, 1.807) is 0 Å². The lowest BCUT2D eigenvalue weighted by Gasteiger charge is -2.40. The first-order chi connectivity index (χ1) is 23.7. The van der Waals surface area contributed by atoms with E-state index in [1.165, 1.54) is 72.0 Å². The maximum Gasteiger partial charge on any atom is 0.0784 e. The largest absolute Gasteiger partial charge is 0.330 e. The van der Waals surface area contributed by atoms with Gasteiger partial charge in [-0.1, -0.05) is 109 Å². The van der Waals surface area contributed by atoms with Crippen molar-refractivity contribution in [3.05, 3.63) is 186 Å². The van der Waals surface area contributed by atoms with Crippen LogP contribution in [0.1, 0.15) is 29.2 Å². The second-order valence-corrected chi connectivity index (χ2v) is 13.0. The Labute approximate surface area is 282 Å². The number of anilines is 5. The molecule has 7 aromatic carbocycles. The minimum Gasteiger partial charge on any atom is -0.330 e. The zero-order chi connectivity index (χ0) is 32.2. The van der Waals surface area contributed by atoms with Gasteiger partial charge < -0.3 is 9.80 Å². The normalized spacial score (nSPS) is 14.8. The van der Waals surface area contributed by atoms with E-state index >= 15 is 0 Å². The first-order valence-corrected chi connectivity index (χ1v) is 16.9. The third-order valence-electron chi connectivity index (χ3n) is 10.2. The van der Waals surface area contributed by atoms with Crippen LogP contribution in [-0.4, -0.2) is 6.04 Å². The Balaban J connectivity index is 1.28. The molecule has 0 radical (unpaired) electrons. The van der Waals surface area contributed by atoms with Crippen molar-refractivity contribution in [1.82, 2.24) is 0 Å². The zero-order valence-electron chi connectivity index (χ0n) is 27.3. The Morgan fingerprint density at radius 1 is 0.562 bits per heavy atom. The fraction of sp³-hybridized carbons (Fsp3) is 0.0870. The smallest absolute Gasteiger partial charge is 0.0784 e. The average Bonchev–Trinajstić information content (AvgIpc) is 3.14. The number of para-hydroxylation sites is 3. The van der Waals surface area contributed by atoms with Crippen molar-refractivity contribution in [2.45, 2.75) is 26.3 Å². The fourth-order valence-corrected chi connectivity index (χ4v) is 7.95. The molecule has 0 aliphatic heterocycles. The monoisotopic (exact) mass is 616 g/mol. The molecule has 2 nitrogen and oxygen atoms in total. The molecule has 9 rings (SSSR count). The highest BCUT2D eigenvalue weighted by atomic mass is 15.2. The highest BCUT2D eigenvalue weighted by molar-refractivity contribution is 6.12. The molecule has 48 heavy (non-hydrogen) atoms. The molecule has 0 amide bonds. The summed E-state index contributed by atoms with van der Waals surface area (Å²) >= 11 is 0. The number of nitrogens with zero attached hydrogens (tertiary/aromatic N) is 2. The summed E-state index contributed by atoms with van der Waals surface area (Å²) in [4.78, 5) is 4.95. The van der Waals surface area contributed by atoms with Crippen LogP contribution in [0.4, 0.5) is 28.4 Å². The molecule has 0 saturated heterocycles. The third-order valence-corrected chi connectivity index (χ3v) is 10.2. The predicted octanol–water partition coefficient (Wildman–Crippen LogP) is 12.3. The minimum absolute atomic E-state index is 0.0446. The van der Waals surface area contributed by atoms with Gasteiger partial charge in [-0.3, -0.25) is 0 Å². The van der Waals surface area contributed by atoms with Gasteiger partial charge in [-0.05, 0) is 124 Å². The molecule has 1 unspecified atom stereocenters. The van der Waals surface area contributed by atoms with E-state index in [9.17, 15) is 0 Å². The molecule has 0 N–H and O–H groups in total. The molecule has 2 aliphatic rings. The summed E-state index contributed by atoms with van der Waals surface area (Å²) in [6.07, 6.45) is 5.89. The van der Waals surface area contributed by atoms with Crippen LogP contribution in [-0.2, 0) is 6.42 Å². The Hall–Kier alpha value is -5.86. The molecule has 0 saturated carbocycles. The molecular formula is C46H36N2. The summed E-state index contributed by atoms with van der Waals surface area (Å²) < 4.78 is 0. The van der Waals surface area contributed by atoms with Gasteiger partial charge in [-0.15, -0.1) is 0 Å². The van der Waals surface area contributed by atoms with Crippen molar-refractivity contribution in [1.29, 1.82) is 0 Å².